The summed E-state index contributed by atoms with van der Waals surface area (Å²) < 4.78 is 4.52. The first kappa shape index (κ1) is 8.59. The van der Waals surface area contributed by atoms with E-state index in [9.17, 15) is 4.79 Å². The van der Waals surface area contributed by atoms with E-state index in [2.05, 4.69) is 4.74 Å². The minimum Gasteiger partial charge on any atom is -0.508 e. The summed E-state index contributed by atoms with van der Waals surface area (Å²) >= 11 is 0. The second-order valence-electron chi connectivity index (χ2n) is 2.38. The molecule has 0 unspecified atom stereocenters. The molecular formula is C9H10O3. The van der Waals surface area contributed by atoms with E-state index >= 15 is 0 Å². The molecule has 0 radical (unpaired) electrons. The standard InChI is InChI=1S/C9H10O3/c10-7-12-6-5-8-1-3-9(11)4-2-8/h1-4,7,11H,5-6H2. The van der Waals surface area contributed by atoms with E-state index in [-0.39, 0.29) is 5.75 Å². The van der Waals surface area contributed by atoms with Crippen LogP contribution < -0.4 is 0 Å². The Balaban J connectivity index is 2.42. The molecule has 0 aliphatic carbocycles. The van der Waals surface area contributed by atoms with Crippen molar-refractivity contribution in [1.82, 2.24) is 0 Å². The molecule has 0 atom stereocenters. The van der Waals surface area contributed by atoms with Crippen LogP contribution in [0.2, 0.25) is 0 Å². The van der Waals surface area contributed by atoms with Gasteiger partial charge in [0.15, 0.2) is 0 Å². The molecular weight excluding hydrogens is 156 g/mol. The molecule has 0 amide bonds. The number of carbonyl (C=O) groups is 1. The maximum absolute atomic E-state index is 9.79. The molecule has 0 spiro atoms. The zero-order chi connectivity index (χ0) is 8.81. The molecule has 0 bridgehead atoms. The van der Waals surface area contributed by atoms with Crippen LogP contribution in [-0.4, -0.2) is 18.2 Å². The molecule has 1 rings (SSSR count). The quantitative estimate of drug-likeness (QED) is 0.538. The lowest BCUT2D eigenvalue weighted by Crippen LogP contribution is -1.95. The Hall–Kier alpha value is -1.51. The predicted molar refractivity (Wildman–Crippen MR) is 43.8 cm³/mol. The van der Waals surface area contributed by atoms with Crippen molar-refractivity contribution in [1.29, 1.82) is 0 Å². The smallest absolute Gasteiger partial charge is 0.293 e. The van der Waals surface area contributed by atoms with Gasteiger partial charge in [0.25, 0.3) is 6.47 Å². The molecule has 0 fully saturated rings. The summed E-state index contributed by atoms with van der Waals surface area (Å²) in [6.07, 6.45) is 0.680. The summed E-state index contributed by atoms with van der Waals surface area (Å²) in [5.74, 6) is 0.245. The van der Waals surface area contributed by atoms with Crippen molar-refractivity contribution in [2.45, 2.75) is 6.42 Å². The Kier molecular flexibility index (Phi) is 3.14. The van der Waals surface area contributed by atoms with Gasteiger partial charge in [-0.2, -0.15) is 0 Å². The van der Waals surface area contributed by atoms with Gasteiger partial charge in [0.1, 0.15) is 5.75 Å². The maximum Gasteiger partial charge on any atom is 0.293 e. The number of benzene rings is 1. The second kappa shape index (κ2) is 4.38. The fourth-order valence-electron chi connectivity index (χ4n) is 0.888. The number of ether oxygens (including phenoxy) is 1. The van der Waals surface area contributed by atoms with Crippen LogP contribution in [-0.2, 0) is 16.0 Å². The van der Waals surface area contributed by atoms with Crippen LogP contribution >= 0.6 is 0 Å². The minimum absolute atomic E-state index is 0.245. The van der Waals surface area contributed by atoms with Crippen molar-refractivity contribution in [2.24, 2.45) is 0 Å². The topological polar surface area (TPSA) is 46.5 Å². The van der Waals surface area contributed by atoms with Crippen LogP contribution in [0.3, 0.4) is 0 Å². The summed E-state index contributed by atoms with van der Waals surface area (Å²) in [6.45, 7) is 0.814. The van der Waals surface area contributed by atoms with Gasteiger partial charge in [0, 0.05) is 6.42 Å². The highest BCUT2D eigenvalue weighted by atomic mass is 16.5. The SMILES string of the molecule is O=COCCc1ccc(O)cc1. The van der Waals surface area contributed by atoms with Crippen molar-refractivity contribution in [2.75, 3.05) is 6.61 Å². The average Bonchev–Trinajstić information content (AvgIpc) is 2.09. The monoisotopic (exact) mass is 166 g/mol. The number of phenolic OH excluding ortho intramolecular Hbond substituents is 1. The first-order valence-electron chi connectivity index (χ1n) is 3.66. The van der Waals surface area contributed by atoms with Crippen LogP contribution in [0.4, 0.5) is 0 Å². The third-order valence-corrected chi connectivity index (χ3v) is 1.51. The summed E-state index contributed by atoms with van der Waals surface area (Å²) in [6, 6.07) is 6.81. The van der Waals surface area contributed by atoms with Gasteiger partial charge in [-0.1, -0.05) is 12.1 Å². The summed E-state index contributed by atoms with van der Waals surface area (Å²) in [4.78, 5) is 9.79. The molecule has 0 saturated carbocycles. The lowest BCUT2D eigenvalue weighted by atomic mass is 10.1. The number of hydrogen-bond acceptors (Lipinski definition) is 3. The molecule has 12 heavy (non-hydrogen) atoms. The normalized spacial score (nSPS) is 9.33. The second-order valence-corrected chi connectivity index (χ2v) is 2.38. The number of aromatic hydroxyl groups is 1. The zero-order valence-electron chi connectivity index (χ0n) is 6.56. The number of phenols is 1. The van der Waals surface area contributed by atoms with Gasteiger partial charge in [-0.15, -0.1) is 0 Å². The van der Waals surface area contributed by atoms with E-state index in [1.54, 1.807) is 24.3 Å². The summed E-state index contributed by atoms with van der Waals surface area (Å²) in [7, 11) is 0. The highest BCUT2D eigenvalue weighted by molar-refractivity contribution is 5.37. The molecule has 0 aliphatic heterocycles. The third kappa shape index (κ3) is 2.62. The highest BCUT2D eigenvalue weighted by Gasteiger charge is 1.92. The van der Waals surface area contributed by atoms with Crippen LogP contribution in [0.25, 0.3) is 0 Å². The first-order chi connectivity index (χ1) is 5.83. The van der Waals surface area contributed by atoms with E-state index in [0.29, 0.717) is 19.5 Å². The van der Waals surface area contributed by atoms with Gasteiger partial charge >= 0.3 is 0 Å². The summed E-state index contributed by atoms with van der Waals surface area (Å²) in [5.41, 5.74) is 1.04. The van der Waals surface area contributed by atoms with Crippen molar-refractivity contribution < 1.29 is 14.6 Å². The van der Waals surface area contributed by atoms with Crippen molar-refractivity contribution in [3.8, 4) is 5.75 Å². The van der Waals surface area contributed by atoms with Gasteiger partial charge in [0.2, 0.25) is 0 Å². The molecule has 64 valence electrons. The van der Waals surface area contributed by atoms with E-state index in [0.717, 1.165) is 5.56 Å². The Morgan fingerprint density at radius 3 is 2.58 bits per heavy atom. The molecule has 3 nitrogen and oxygen atoms in total. The zero-order valence-corrected chi connectivity index (χ0v) is 6.56. The van der Waals surface area contributed by atoms with Crippen LogP contribution in [0.1, 0.15) is 5.56 Å². The van der Waals surface area contributed by atoms with Gasteiger partial charge < -0.3 is 9.84 Å². The van der Waals surface area contributed by atoms with Gasteiger partial charge in [-0.25, -0.2) is 0 Å². The molecule has 0 aromatic heterocycles. The lowest BCUT2D eigenvalue weighted by Gasteiger charge is -1.99. The van der Waals surface area contributed by atoms with E-state index in [4.69, 9.17) is 5.11 Å². The number of carbonyl (C=O) groups excluding carboxylic acids is 1. The molecule has 1 aromatic rings. The van der Waals surface area contributed by atoms with Gasteiger partial charge in [0.05, 0.1) is 6.61 Å². The molecule has 1 aromatic carbocycles. The molecule has 3 heteroatoms. The highest BCUT2D eigenvalue weighted by Crippen LogP contribution is 2.09. The van der Waals surface area contributed by atoms with E-state index in [1.165, 1.54) is 0 Å². The van der Waals surface area contributed by atoms with Gasteiger partial charge in [-0.3, -0.25) is 4.79 Å². The molecule has 0 saturated heterocycles. The van der Waals surface area contributed by atoms with Gasteiger partial charge in [-0.05, 0) is 17.7 Å². The predicted octanol–water partition coefficient (Wildman–Crippen LogP) is 1.11. The molecule has 1 N–H and O–H groups in total. The van der Waals surface area contributed by atoms with Crippen molar-refractivity contribution in [3.63, 3.8) is 0 Å². The number of hydrogen-bond donors (Lipinski definition) is 1. The summed E-state index contributed by atoms with van der Waals surface area (Å²) in [5, 5.41) is 8.94. The third-order valence-electron chi connectivity index (χ3n) is 1.51. The molecule has 0 heterocycles. The van der Waals surface area contributed by atoms with Crippen molar-refractivity contribution in [3.05, 3.63) is 29.8 Å². The van der Waals surface area contributed by atoms with E-state index < -0.39 is 0 Å². The lowest BCUT2D eigenvalue weighted by molar-refractivity contribution is -0.128. The Labute approximate surface area is 70.6 Å². The van der Waals surface area contributed by atoms with Crippen LogP contribution in [0.5, 0.6) is 5.75 Å². The Morgan fingerprint density at radius 1 is 1.33 bits per heavy atom. The Bertz CT molecular complexity index is 240. The van der Waals surface area contributed by atoms with Crippen molar-refractivity contribution >= 4 is 6.47 Å². The fourth-order valence-corrected chi connectivity index (χ4v) is 0.888. The average molecular weight is 166 g/mol. The molecule has 0 aliphatic rings. The van der Waals surface area contributed by atoms with E-state index in [1.807, 2.05) is 0 Å². The number of rotatable bonds is 4. The fraction of sp³-hybridized carbons (Fsp3) is 0.222. The Morgan fingerprint density at radius 2 is 2.00 bits per heavy atom. The van der Waals surface area contributed by atoms with Crippen LogP contribution in [0, 0.1) is 0 Å². The first-order valence-corrected chi connectivity index (χ1v) is 3.66. The minimum atomic E-state index is 0.245. The van der Waals surface area contributed by atoms with Crippen LogP contribution in [0.15, 0.2) is 24.3 Å². The maximum atomic E-state index is 9.79. The largest absolute Gasteiger partial charge is 0.508 e.